The summed E-state index contributed by atoms with van der Waals surface area (Å²) in [5, 5.41) is 15.8. The summed E-state index contributed by atoms with van der Waals surface area (Å²) in [6, 6.07) is 17.4. The Hall–Kier alpha value is -4.27. The third kappa shape index (κ3) is 6.11. The first-order valence-corrected chi connectivity index (χ1v) is 12.5. The van der Waals surface area contributed by atoms with E-state index in [0.717, 1.165) is 16.8 Å². The maximum absolute atomic E-state index is 13.8. The van der Waals surface area contributed by atoms with E-state index in [9.17, 15) is 9.59 Å². The van der Waals surface area contributed by atoms with Gasteiger partial charge in [0.05, 0.1) is 29.3 Å². The lowest BCUT2D eigenvalue weighted by molar-refractivity contribution is 0.0722. The van der Waals surface area contributed by atoms with Gasteiger partial charge in [0.2, 0.25) is 0 Å². The van der Waals surface area contributed by atoms with Crippen molar-refractivity contribution in [2.45, 2.75) is 46.2 Å². The third-order valence-electron chi connectivity index (χ3n) is 6.40. The molecule has 37 heavy (non-hydrogen) atoms. The fraction of sp³-hybridized carbons (Fsp3) is 0.321. The molecule has 9 heteroatoms. The first-order valence-electron chi connectivity index (χ1n) is 12.5. The first-order chi connectivity index (χ1) is 17.9. The van der Waals surface area contributed by atoms with Crippen molar-refractivity contribution in [2.24, 2.45) is 0 Å². The quantitative estimate of drug-likeness (QED) is 0.360. The zero-order valence-corrected chi connectivity index (χ0v) is 21.8. The Bertz CT molecular complexity index is 1350. The lowest BCUT2D eigenvalue weighted by Crippen LogP contribution is -2.41. The normalized spacial score (nSPS) is 11.8. The van der Waals surface area contributed by atoms with Crippen molar-refractivity contribution in [1.82, 2.24) is 35.0 Å². The molecule has 0 saturated carbocycles. The minimum absolute atomic E-state index is 0.122. The van der Waals surface area contributed by atoms with Crippen LogP contribution in [0.2, 0.25) is 0 Å². The molecule has 1 N–H and O–H groups in total. The van der Waals surface area contributed by atoms with Gasteiger partial charge in [-0.1, -0.05) is 42.0 Å². The van der Waals surface area contributed by atoms with Gasteiger partial charge < -0.3 is 10.2 Å². The van der Waals surface area contributed by atoms with E-state index in [4.69, 9.17) is 0 Å². The number of benzene rings is 2. The number of aromatic nitrogens is 5. The molecular weight excluding hydrogens is 466 g/mol. The van der Waals surface area contributed by atoms with Gasteiger partial charge in [-0.15, -0.1) is 0 Å². The van der Waals surface area contributed by atoms with E-state index in [1.807, 2.05) is 64.2 Å². The molecule has 0 aliphatic carbocycles. The van der Waals surface area contributed by atoms with Crippen molar-refractivity contribution in [3.63, 3.8) is 0 Å². The summed E-state index contributed by atoms with van der Waals surface area (Å²) in [6.07, 6.45) is 4.42. The van der Waals surface area contributed by atoms with Gasteiger partial charge in [0.15, 0.2) is 0 Å². The Labute approximate surface area is 217 Å². The van der Waals surface area contributed by atoms with Gasteiger partial charge in [0.25, 0.3) is 11.8 Å². The number of nitrogens with zero attached hydrogens (tertiary/aromatic N) is 6. The molecule has 0 aliphatic heterocycles. The van der Waals surface area contributed by atoms with Crippen LogP contribution in [0.1, 0.15) is 51.0 Å². The van der Waals surface area contributed by atoms with Gasteiger partial charge in [0, 0.05) is 26.2 Å². The average molecular weight is 500 g/mol. The number of amides is 2. The second-order valence-corrected chi connectivity index (χ2v) is 9.13. The molecule has 4 rings (SSSR count). The molecule has 9 nitrogen and oxygen atoms in total. The highest BCUT2D eigenvalue weighted by atomic mass is 16.2. The highest BCUT2D eigenvalue weighted by molar-refractivity contribution is 5.98. The SMILES string of the molecule is CCn1nc(C)cc1C(=O)NCCC(Cc1ccccc1)N(C)C(=O)c1cc(C)ccc1-n1nccn1. The number of likely N-dealkylation sites (N-methyl/N-ethyl adjacent to an activating group) is 1. The second-order valence-electron chi connectivity index (χ2n) is 9.13. The molecule has 4 aromatic rings. The molecule has 1 atom stereocenters. The molecule has 0 radical (unpaired) electrons. The monoisotopic (exact) mass is 499 g/mol. The van der Waals surface area contributed by atoms with Crippen LogP contribution >= 0.6 is 0 Å². The van der Waals surface area contributed by atoms with Gasteiger partial charge in [-0.3, -0.25) is 14.3 Å². The Kier molecular flexibility index (Phi) is 8.12. The summed E-state index contributed by atoms with van der Waals surface area (Å²) in [5.74, 6) is -0.288. The zero-order chi connectivity index (χ0) is 26.4. The van der Waals surface area contributed by atoms with E-state index < -0.39 is 0 Å². The molecule has 0 aliphatic rings. The van der Waals surface area contributed by atoms with Gasteiger partial charge >= 0.3 is 0 Å². The van der Waals surface area contributed by atoms with Crippen LogP contribution in [-0.4, -0.2) is 61.1 Å². The van der Waals surface area contributed by atoms with Crippen LogP contribution in [0.3, 0.4) is 0 Å². The maximum Gasteiger partial charge on any atom is 0.269 e. The molecule has 0 fully saturated rings. The van der Waals surface area contributed by atoms with Crippen LogP contribution in [0.5, 0.6) is 0 Å². The molecule has 0 spiro atoms. The number of aryl methyl sites for hydroxylation is 3. The smallest absolute Gasteiger partial charge is 0.269 e. The fourth-order valence-electron chi connectivity index (χ4n) is 4.42. The van der Waals surface area contributed by atoms with Gasteiger partial charge in [-0.05, 0) is 57.4 Å². The van der Waals surface area contributed by atoms with Crippen molar-refractivity contribution in [3.05, 3.63) is 95.1 Å². The molecule has 1 unspecified atom stereocenters. The minimum atomic E-state index is -0.166. The van der Waals surface area contributed by atoms with Crippen LogP contribution in [0.25, 0.3) is 5.69 Å². The Morgan fingerprint density at radius 3 is 2.46 bits per heavy atom. The summed E-state index contributed by atoms with van der Waals surface area (Å²) in [5.41, 5.74) is 4.60. The standard InChI is InChI=1S/C28H33N7O2/c1-5-34-26(18-21(3)32-34)27(36)29-14-13-23(19-22-9-7-6-8-10-22)33(4)28(37)24-17-20(2)11-12-25(24)35-30-15-16-31-35/h6-12,15-18,23H,5,13-14,19H2,1-4H3,(H,29,36). The van der Waals surface area contributed by atoms with E-state index in [0.29, 0.717) is 42.9 Å². The van der Waals surface area contributed by atoms with E-state index in [-0.39, 0.29) is 17.9 Å². The summed E-state index contributed by atoms with van der Waals surface area (Å²) >= 11 is 0. The summed E-state index contributed by atoms with van der Waals surface area (Å²) in [4.78, 5) is 29.9. The van der Waals surface area contributed by atoms with Crippen molar-refractivity contribution < 1.29 is 9.59 Å². The number of nitrogens with one attached hydrogen (secondary N) is 1. The molecule has 192 valence electrons. The number of hydrogen-bond donors (Lipinski definition) is 1. The van der Waals surface area contributed by atoms with Crippen LogP contribution in [0.4, 0.5) is 0 Å². The molecule has 0 saturated heterocycles. The Morgan fingerprint density at radius 2 is 1.76 bits per heavy atom. The lowest BCUT2D eigenvalue weighted by Gasteiger charge is -2.29. The van der Waals surface area contributed by atoms with Crippen LogP contribution in [-0.2, 0) is 13.0 Å². The Morgan fingerprint density at radius 1 is 1.03 bits per heavy atom. The molecular formula is C28H33N7O2. The summed E-state index contributed by atoms with van der Waals surface area (Å²) in [6.45, 7) is 6.82. The van der Waals surface area contributed by atoms with Crippen LogP contribution < -0.4 is 5.32 Å². The van der Waals surface area contributed by atoms with Crippen LogP contribution in [0.15, 0.2) is 67.0 Å². The van der Waals surface area contributed by atoms with Gasteiger partial charge in [-0.2, -0.15) is 20.1 Å². The minimum Gasteiger partial charge on any atom is -0.351 e. The topological polar surface area (TPSA) is 97.9 Å². The highest BCUT2D eigenvalue weighted by Crippen LogP contribution is 2.20. The van der Waals surface area contributed by atoms with Gasteiger partial charge in [0.1, 0.15) is 5.69 Å². The van der Waals surface area contributed by atoms with E-state index in [2.05, 4.69) is 32.7 Å². The van der Waals surface area contributed by atoms with E-state index in [1.165, 1.54) is 4.80 Å². The molecule has 2 amide bonds. The maximum atomic E-state index is 13.8. The third-order valence-corrected chi connectivity index (χ3v) is 6.40. The molecule has 2 heterocycles. The van der Waals surface area contributed by atoms with Crippen molar-refractivity contribution in [2.75, 3.05) is 13.6 Å². The van der Waals surface area contributed by atoms with Gasteiger partial charge in [-0.25, -0.2) is 0 Å². The highest BCUT2D eigenvalue weighted by Gasteiger charge is 2.25. The van der Waals surface area contributed by atoms with E-state index in [1.54, 1.807) is 28.0 Å². The number of carbonyl (C=O) groups excluding carboxylic acids is 2. The fourth-order valence-corrected chi connectivity index (χ4v) is 4.42. The number of rotatable bonds is 10. The van der Waals surface area contributed by atoms with Crippen LogP contribution in [0, 0.1) is 13.8 Å². The summed E-state index contributed by atoms with van der Waals surface area (Å²) < 4.78 is 1.70. The zero-order valence-electron chi connectivity index (χ0n) is 21.8. The Balaban J connectivity index is 1.54. The van der Waals surface area contributed by atoms with Crippen molar-refractivity contribution in [1.29, 1.82) is 0 Å². The molecule has 2 aromatic carbocycles. The first kappa shape index (κ1) is 25.8. The lowest BCUT2D eigenvalue weighted by atomic mass is 10.0. The second kappa shape index (κ2) is 11.6. The predicted molar refractivity (Wildman–Crippen MR) is 142 cm³/mol. The van der Waals surface area contributed by atoms with Crippen molar-refractivity contribution >= 4 is 11.8 Å². The summed E-state index contributed by atoms with van der Waals surface area (Å²) in [7, 11) is 1.82. The largest absolute Gasteiger partial charge is 0.351 e. The average Bonchev–Trinajstić information content (AvgIpc) is 3.57. The number of hydrogen-bond acceptors (Lipinski definition) is 5. The number of carbonyl (C=O) groups is 2. The molecule has 2 aromatic heterocycles. The van der Waals surface area contributed by atoms with Crippen molar-refractivity contribution in [3.8, 4) is 5.69 Å². The molecule has 0 bridgehead atoms. The van der Waals surface area contributed by atoms with E-state index >= 15 is 0 Å². The predicted octanol–water partition coefficient (Wildman–Crippen LogP) is 3.60.